The predicted molar refractivity (Wildman–Crippen MR) is 105 cm³/mol. The van der Waals surface area contributed by atoms with Gasteiger partial charge in [-0.3, -0.25) is 10.3 Å². The van der Waals surface area contributed by atoms with Crippen molar-refractivity contribution in [1.29, 1.82) is 5.26 Å². The van der Waals surface area contributed by atoms with Gasteiger partial charge in [-0.15, -0.1) is 24.0 Å². The van der Waals surface area contributed by atoms with Crippen LogP contribution >= 0.6 is 24.0 Å². The molecule has 0 atom stereocenters. The number of fused-ring (bicyclic) bond motifs is 1. The minimum atomic E-state index is 0.465. The molecule has 0 radical (unpaired) electrons. The first-order valence-electron chi connectivity index (χ1n) is 7.72. The number of rotatable bonds is 4. The lowest BCUT2D eigenvalue weighted by Gasteiger charge is -2.24. The number of nitrogens with zero attached hydrogens (tertiary/aromatic N) is 5. The van der Waals surface area contributed by atoms with E-state index in [1.807, 2.05) is 41.4 Å². The summed E-state index contributed by atoms with van der Waals surface area (Å²) in [4.78, 5) is 15.0. The maximum atomic E-state index is 9.15. The standard InChI is InChI=1S/C17H16N6S2/c1-2-8-23(13-5-6-14-15(9-13)25-17(24)22-14)16(20-11-18)21-12-4-3-7-19-10-12/h3-7,9-10H,2,8H2,1H3,(H,20,21)(H,22,24). The zero-order valence-corrected chi connectivity index (χ0v) is 15.3. The Morgan fingerprint density at radius 1 is 1.44 bits per heavy atom. The zero-order chi connectivity index (χ0) is 17.6. The largest absolute Gasteiger partial charge is 0.312 e. The average molecular weight is 368 g/mol. The normalized spacial score (nSPS) is 11.3. The highest BCUT2D eigenvalue weighted by Crippen LogP contribution is 2.29. The van der Waals surface area contributed by atoms with Crippen LogP contribution in [0.3, 0.4) is 0 Å². The molecule has 0 unspecified atom stereocenters. The van der Waals surface area contributed by atoms with Crippen LogP contribution in [-0.2, 0) is 0 Å². The van der Waals surface area contributed by atoms with Crippen molar-refractivity contribution in [1.82, 2.24) is 15.3 Å². The Bertz CT molecular complexity index is 929. The highest BCUT2D eigenvalue weighted by Gasteiger charge is 2.15. The van der Waals surface area contributed by atoms with Gasteiger partial charge in [-0.2, -0.15) is 5.26 Å². The smallest absolute Gasteiger partial charge is 0.217 e. The lowest BCUT2D eigenvalue weighted by molar-refractivity contribution is 0.887. The monoisotopic (exact) mass is 368 g/mol. The van der Waals surface area contributed by atoms with Crippen molar-refractivity contribution in [2.75, 3.05) is 11.4 Å². The molecule has 25 heavy (non-hydrogen) atoms. The minimum Gasteiger partial charge on any atom is -0.312 e. The van der Waals surface area contributed by atoms with Gasteiger partial charge in [0.1, 0.15) is 4.34 Å². The number of aliphatic imine (C=N–C) groups is 1. The first-order valence-corrected chi connectivity index (χ1v) is 8.98. The molecule has 2 aromatic heterocycles. The Labute approximate surface area is 155 Å². The van der Waals surface area contributed by atoms with Crippen molar-refractivity contribution in [2.24, 2.45) is 4.99 Å². The number of hydrogen-bond acceptors (Lipinski definition) is 6. The third kappa shape index (κ3) is 4.07. The fourth-order valence-electron chi connectivity index (χ4n) is 2.40. The molecule has 0 aliphatic heterocycles. The summed E-state index contributed by atoms with van der Waals surface area (Å²) in [5.74, 6) is 0.465. The van der Waals surface area contributed by atoms with Crippen LogP contribution in [0.5, 0.6) is 0 Å². The summed E-state index contributed by atoms with van der Waals surface area (Å²) in [5, 5.41) is 11.8. The van der Waals surface area contributed by atoms with Gasteiger partial charge in [-0.25, -0.2) is 9.98 Å². The molecular formula is C17H16N6S2. The summed E-state index contributed by atoms with van der Waals surface area (Å²) in [7, 11) is 0. The number of benzene rings is 1. The molecule has 0 saturated heterocycles. The zero-order valence-electron chi connectivity index (χ0n) is 13.5. The van der Waals surface area contributed by atoms with Gasteiger partial charge in [0, 0.05) is 18.4 Å². The van der Waals surface area contributed by atoms with Gasteiger partial charge in [0.15, 0.2) is 6.19 Å². The fraction of sp³-hybridized carbons (Fsp3) is 0.176. The summed E-state index contributed by atoms with van der Waals surface area (Å²) in [6.45, 7) is 2.80. The van der Waals surface area contributed by atoms with E-state index < -0.39 is 0 Å². The fourth-order valence-corrected chi connectivity index (χ4v) is 3.54. The third-order valence-corrected chi connectivity index (χ3v) is 4.62. The van der Waals surface area contributed by atoms with E-state index in [4.69, 9.17) is 5.26 Å². The number of nitriles is 1. The lowest BCUT2D eigenvalue weighted by atomic mass is 10.2. The van der Waals surface area contributed by atoms with Gasteiger partial charge in [0.25, 0.3) is 0 Å². The number of guanidine groups is 1. The Morgan fingerprint density at radius 3 is 3.04 bits per heavy atom. The van der Waals surface area contributed by atoms with Gasteiger partial charge >= 0.3 is 0 Å². The molecule has 0 fully saturated rings. The van der Waals surface area contributed by atoms with Crippen LogP contribution in [0, 0.1) is 11.5 Å². The quantitative estimate of drug-likeness (QED) is 0.240. The Kier molecular flexibility index (Phi) is 5.48. The second-order valence-corrected chi connectivity index (χ2v) is 6.94. The summed E-state index contributed by atoms with van der Waals surface area (Å²) in [6, 6.07) is 9.63. The van der Waals surface area contributed by atoms with Crippen LogP contribution in [-0.4, -0.2) is 22.5 Å². The van der Waals surface area contributed by atoms with E-state index in [0.717, 1.165) is 26.7 Å². The molecule has 126 valence electrons. The van der Waals surface area contributed by atoms with E-state index >= 15 is 0 Å². The maximum Gasteiger partial charge on any atom is 0.217 e. The Balaban J connectivity index is 2.04. The number of aromatic nitrogens is 2. The van der Waals surface area contributed by atoms with Crippen molar-refractivity contribution in [3.05, 3.63) is 42.7 Å². The molecule has 1 aromatic carbocycles. The number of thiazole rings is 1. The SMILES string of the molecule is CCCN(/C(=N/c1cccnc1)NC#N)c1ccc2nc(S)sc2c1. The first-order chi connectivity index (χ1) is 12.2. The second kappa shape index (κ2) is 7.96. The minimum absolute atomic E-state index is 0.465. The molecule has 6 nitrogen and oxygen atoms in total. The summed E-state index contributed by atoms with van der Waals surface area (Å²) in [6.07, 6.45) is 6.22. The molecule has 3 aromatic rings. The Hall–Kier alpha value is -2.63. The van der Waals surface area contributed by atoms with E-state index in [9.17, 15) is 0 Å². The van der Waals surface area contributed by atoms with Gasteiger partial charge in [0.05, 0.1) is 22.1 Å². The van der Waals surface area contributed by atoms with E-state index in [1.165, 1.54) is 11.3 Å². The topological polar surface area (TPSA) is 77.2 Å². The molecule has 1 N–H and O–H groups in total. The molecular weight excluding hydrogens is 352 g/mol. The van der Waals surface area contributed by atoms with Crippen molar-refractivity contribution in [3.8, 4) is 6.19 Å². The van der Waals surface area contributed by atoms with Gasteiger partial charge in [-0.05, 0) is 36.8 Å². The first kappa shape index (κ1) is 17.2. The van der Waals surface area contributed by atoms with E-state index in [-0.39, 0.29) is 0 Å². The number of hydrogen-bond donors (Lipinski definition) is 2. The highest BCUT2D eigenvalue weighted by molar-refractivity contribution is 7.82. The molecule has 0 saturated carbocycles. The number of anilines is 1. The maximum absolute atomic E-state index is 9.15. The number of pyridine rings is 1. The van der Waals surface area contributed by atoms with Crippen molar-refractivity contribution in [2.45, 2.75) is 17.7 Å². The molecule has 8 heteroatoms. The molecule has 2 heterocycles. The molecule has 0 amide bonds. The summed E-state index contributed by atoms with van der Waals surface area (Å²) < 4.78 is 1.77. The van der Waals surface area contributed by atoms with E-state index in [1.54, 1.807) is 12.4 Å². The van der Waals surface area contributed by atoms with Crippen molar-refractivity contribution in [3.63, 3.8) is 0 Å². The predicted octanol–water partition coefficient (Wildman–Crippen LogP) is 3.95. The average Bonchev–Trinajstić information content (AvgIpc) is 2.99. The van der Waals surface area contributed by atoms with Gasteiger partial charge in [-0.1, -0.05) is 6.92 Å². The number of nitrogens with one attached hydrogen (secondary N) is 1. The van der Waals surface area contributed by atoms with Gasteiger partial charge < -0.3 is 4.90 Å². The van der Waals surface area contributed by atoms with Crippen LogP contribution in [0.25, 0.3) is 10.2 Å². The molecule has 0 bridgehead atoms. The van der Waals surface area contributed by atoms with E-state index in [0.29, 0.717) is 18.2 Å². The van der Waals surface area contributed by atoms with E-state index in [2.05, 4.69) is 39.8 Å². The third-order valence-electron chi connectivity index (χ3n) is 3.42. The summed E-state index contributed by atoms with van der Waals surface area (Å²) >= 11 is 5.84. The van der Waals surface area contributed by atoms with Crippen LogP contribution in [0.2, 0.25) is 0 Å². The highest BCUT2D eigenvalue weighted by atomic mass is 32.2. The second-order valence-electron chi connectivity index (χ2n) is 5.18. The molecule has 3 rings (SSSR count). The summed E-state index contributed by atoms with van der Waals surface area (Å²) in [5.41, 5.74) is 2.53. The molecule has 0 aliphatic rings. The Morgan fingerprint density at radius 2 is 2.32 bits per heavy atom. The van der Waals surface area contributed by atoms with Crippen LogP contribution in [0.1, 0.15) is 13.3 Å². The number of thiol groups is 1. The van der Waals surface area contributed by atoms with Gasteiger partial charge in [0.2, 0.25) is 5.96 Å². The van der Waals surface area contributed by atoms with Crippen LogP contribution in [0.15, 0.2) is 52.1 Å². The van der Waals surface area contributed by atoms with Crippen molar-refractivity contribution < 1.29 is 0 Å². The molecule has 0 aliphatic carbocycles. The van der Waals surface area contributed by atoms with Crippen LogP contribution in [0.4, 0.5) is 11.4 Å². The molecule has 0 spiro atoms. The van der Waals surface area contributed by atoms with Crippen LogP contribution < -0.4 is 10.2 Å². The van der Waals surface area contributed by atoms with Crippen molar-refractivity contribution >= 4 is 51.5 Å². The lowest BCUT2D eigenvalue weighted by Crippen LogP contribution is -2.39.